The van der Waals surface area contributed by atoms with Gasteiger partial charge in [0.2, 0.25) is 0 Å². The first-order chi connectivity index (χ1) is 14.0. The Balaban J connectivity index is 1.68. The van der Waals surface area contributed by atoms with E-state index < -0.39 is 27.2 Å². The van der Waals surface area contributed by atoms with E-state index in [1.54, 1.807) is 19.1 Å². The Hall–Kier alpha value is -2.09. The largest absolute Gasteiger partial charge is 0.342 e. The molecule has 30 heavy (non-hydrogen) atoms. The summed E-state index contributed by atoms with van der Waals surface area (Å²) in [4.78, 5) is 25.1. The van der Waals surface area contributed by atoms with Crippen LogP contribution in [0.1, 0.15) is 30.4 Å². The van der Waals surface area contributed by atoms with Crippen LogP contribution in [0.3, 0.4) is 0 Å². The third kappa shape index (κ3) is 5.14. The van der Waals surface area contributed by atoms with E-state index in [0.29, 0.717) is 27.7 Å². The number of carbonyl (C=O) groups is 2. The predicted octanol–water partition coefficient (Wildman–Crippen LogP) is 3.93. The van der Waals surface area contributed by atoms with E-state index in [0.717, 1.165) is 31.1 Å². The predicted molar refractivity (Wildman–Crippen MR) is 118 cm³/mol. The fraction of sp³-hybridized carbons (Fsp3) is 0.333. The number of carbonyl (C=O) groups excluding carboxylic acids is 2. The molecule has 0 atom stereocenters. The molecular weight excluding hydrogens is 447 g/mol. The summed E-state index contributed by atoms with van der Waals surface area (Å²) in [6.45, 7) is 1.63. The number of hydrogen-bond donors (Lipinski definition) is 2. The molecule has 0 spiro atoms. The maximum Gasteiger partial charge on any atom is 0.313 e. The molecule has 1 fully saturated rings. The third-order valence-electron chi connectivity index (χ3n) is 5.27. The van der Waals surface area contributed by atoms with Crippen molar-refractivity contribution < 1.29 is 18.0 Å². The minimum atomic E-state index is -3.36. The molecule has 1 saturated carbocycles. The molecule has 0 unspecified atom stereocenters. The number of nitrogens with one attached hydrogen (secondary N) is 2. The van der Waals surface area contributed by atoms with Crippen LogP contribution in [-0.4, -0.2) is 32.0 Å². The lowest BCUT2D eigenvalue weighted by Crippen LogP contribution is -2.57. The smallest absolute Gasteiger partial charge is 0.313 e. The first-order valence-electron chi connectivity index (χ1n) is 9.37. The number of benzene rings is 2. The summed E-state index contributed by atoms with van der Waals surface area (Å²) >= 11 is 12.2. The van der Waals surface area contributed by atoms with E-state index in [4.69, 9.17) is 23.2 Å². The zero-order chi connectivity index (χ0) is 22.1. The Morgan fingerprint density at radius 3 is 2.30 bits per heavy atom. The second-order valence-electron chi connectivity index (χ2n) is 7.71. The lowest BCUT2D eigenvalue weighted by atomic mass is 9.72. The number of anilines is 1. The summed E-state index contributed by atoms with van der Waals surface area (Å²) < 4.78 is 23.4. The normalized spacial score (nSPS) is 15.2. The molecule has 1 aliphatic rings. The molecule has 9 heteroatoms. The number of halogens is 2. The van der Waals surface area contributed by atoms with Gasteiger partial charge in [-0.1, -0.05) is 29.3 Å². The summed E-state index contributed by atoms with van der Waals surface area (Å²) in [5.74, 6) is -1.56. The molecule has 2 N–H and O–H groups in total. The monoisotopic (exact) mass is 468 g/mol. The third-order valence-corrected chi connectivity index (χ3v) is 7.12. The molecule has 2 aromatic carbocycles. The van der Waals surface area contributed by atoms with Gasteiger partial charge < -0.3 is 10.6 Å². The van der Waals surface area contributed by atoms with Crippen LogP contribution in [0.2, 0.25) is 10.0 Å². The number of rotatable bonds is 5. The molecule has 0 saturated heterocycles. The van der Waals surface area contributed by atoms with Gasteiger partial charge in [0.25, 0.3) is 0 Å². The van der Waals surface area contributed by atoms with E-state index in [2.05, 4.69) is 10.6 Å². The van der Waals surface area contributed by atoms with Gasteiger partial charge in [-0.3, -0.25) is 9.59 Å². The second kappa shape index (κ2) is 8.57. The van der Waals surface area contributed by atoms with Crippen LogP contribution in [0, 0.1) is 6.92 Å². The van der Waals surface area contributed by atoms with Crippen LogP contribution in [0.25, 0.3) is 0 Å². The van der Waals surface area contributed by atoms with Crippen molar-refractivity contribution in [2.45, 2.75) is 43.0 Å². The van der Waals surface area contributed by atoms with Crippen LogP contribution in [0.15, 0.2) is 41.3 Å². The highest BCUT2D eigenvalue weighted by Gasteiger charge is 2.40. The minimum absolute atomic E-state index is 0.179. The first kappa shape index (κ1) is 22.6. The van der Waals surface area contributed by atoms with Crippen molar-refractivity contribution in [3.8, 4) is 0 Å². The van der Waals surface area contributed by atoms with E-state index in [1.807, 2.05) is 6.07 Å². The number of aryl methyl sites for hydroxylation is 1. The Morgan fingerprint density at radius 1 is 1.07 bits per heavy atom. The van der Waals surface area contributed by atoms with Crippen molar-refractivity contribution in [1.82, 2.24) is 5.32 Å². The summed E-state index contributed by atoms with van der Waals surface area (Å²) in [6, 6.07) is 9.61. The van der Waals surface area contributed by atoms with Crippen molar-refractivity contribution in [2.24, 2.45) is 0 Å². The average molecular weight is 469 g/mol. The zero-order valence-electron chi connectivity index (χ0n) is 16.6. The fourth-order valence-corrected chi connectivity index (χ4v) is 5.04. The molecular formula is C21H22Cl2N2O4S. The molecule has 0 bridgehead atoms. The van der Waals surface area contributed by atoms with Gasteiger partial charge in [-0.05, 0) is 74.1 Å². The lowest BCUT2D eigenvalue weighted by molar-refractivity contribution is -0.138. The van der Waals surface area contributed by atoms with Crippen LogP contribution in [0.5, 0.6) is 0 Å². The summed E-state index contributed by atoms with van der Waals surface area (Å²) in [5.41, 5.74) is 1.17. The van der Waals surface area contributed by atoms with E-state index >= 15 is 0 Å². The Kier molecular flexibility index (Phi) is 6.45. The van der Waals surface area contributed by atoms with Crippen molar-refractivity contribution in [3.63, 3.8) is 0 Å². The molecule has 1 aliphatic carbocycles. The Bertz CT molecular complexity index is 1110. The van der Waals surface area contributed by atoms with Crippen LogP contribution < -0.4 is 10.6 Å². The average Bonchev–Trinajstić information content (AvgIpc) is 2.60. The molecule has 0 heterocycles. The SMILES string of the molecule is Cc1cc(NC(=O)C(=O)NC2(Cc3ccc(Cl)cc3Cl)CCC2)ccc1S(C)(=O)=O. The van der Waals surface area contributed by atoms with Crippen molar-refractivity contribution in [3.05, 3.63) is 57.6 Å². The van der Waals surface area contributed by atoms with Crippen LogP contribution in [-0.2, 0) is 25.8 Å². The molecule has 0 radical (unpaired) electrons. The van der Waals surface area contributed by atoms with Gasteiger partial charge >= 0.3 is 11.8 Å². The maximum absolute atomic E-state index is 12.5. The van der Waals surface area contributed by atoms with Crippen LogP contribution >= 0.6 is 23.2 Å². The standard InChI is InChI=1S/C21H22Cl2N2O4S/c1-13-10-16(6-7-18(13)30(2,28)29)24-19(26)20(27)25-21(8-3-9-21)12-14-4-5-15(22)11-17(14)23/h4-7,10-11H,3,8-9,12H2,1-2H3,(H,24,26)(H,25,27). The van der Waals surface area contributed by atoms with Gasteiger partial charge in [0, 0.05) is 27.5 Å². The van der Waals surface area contributed by atoms with Gasteiger partial charge in [-0.25, -0.2) is 8.42 Å². The minimum Gasteiger partial charge on any atom is -0.342 e. The Morgan fingerprint density at radius 2 is 1.77 bits per heavy atom. The van der Waals surface area contributed by atoms with Gasteiger partial charge in [0.15, 0.2) is 9.84 Å². The molecule has 2 amide bonds. The van der Waals surface area contributed by atoms with Crippen molar-refractivity contribution in [1.29, 1.82) is 0 Å². The number of sulfone groups is 1. The van der Waals surface area contributed by atoms with Crippen molar-refractivity contribution >= 4 is 50.5 Å². The fourth-order valence-electron chi connectivity index (χ4n) is 3.61. The van der Waals surface area contributed by atoms with E-state index in [1.165, 1.54) is 18.2 Å². The van der Waals surface area contributed by atoms with E-state index in [9.17, 15) is 18.0 Å². The highest BCUT2D eigenvalue weighted by atomic mass is 35.5. The summed E-state index contributed by atoms with van der Waals surface area (Å²) in [6.07, 6.45) is 4.05. The topological polar surface area (TPSA) is 92.3 Å². The number of hydrogen-bond acceptors (Lipinski definition) is 4. The molecule has 0 aliphatic heterocycles. The molecule has 6 nitrogen and oxygen atoms in total. The second-order valence-corrected chi connectivity index (χ2v) is 10.5. The van der Waals surface area contributed by atoms with Gasteiger partial charge in [0.05, 0.1) is 4.90 Å². The van der Waals surface area contributed by atoms with Gasteiger partial charge in [0.1, 0.15) is 0 Å². The van der Waals surface area contributed by atoms with Gasteiger partial charge in [-0.2, -0.15) is 0 Å². The lowest BCUT2D eigenvalue weighted by Gasteiger charge is -2.42. The summed E-state index contributed by atoms with van der Waals surface area (Å²) in [5, 5.41) is 6.43. The molecule has 160 valence electrons. The van der Waals surface area contributed by atoms with Crippen LogP contribution in [0.4, 0.5) is 5.69 Å². The molecule has 0 aromatic heterocycles. The quantitative estimate of drug-likeness (QED) is 0.650. The highest BCUT2D eigenvalue weighted by Crippen LogP contribution is 2.37. The Labute approximate surface area is 185 Å². The maximum atomic E-state index is 12.5. The van der Waals surface area contributed by atoms with E-state index in [-0.39, 0.29) is 4.90 Å². The summed E-state index contributed by atoms with van der Waals surface area (Å²) in [7, 11) is -3.36. The van der Waals surface area contributed by atoms with Crippen molar-refractivity contribution in [2.75, 3.05) is 11.6 Å². The zero-order valence-corrected chi connectivity index (χ0v) is 18.9. The highest BCUT2D eigenvalue weighted by molar-refractivity contribution is 7.90. The molecule has 2 aromatic rings. The van der Waals surface area contributed by atoms with Gasteiger partial charge in [-0.15, -0.1) is 0 Å². The number of amides is 2. The first-order valence-corrected chi connectivity index (χ1v) is 12.0. The molecule has 3 rings (SSSR count).